The van der Waals surface area contributed by atoms with Crippen LogP contribution in [0.2, 0.25) is 0 Å². The van der Waals surface area contributed by atoms with Gasteiger partial charge in [-0.25, -0.2) is 4.79 Å². The summed E-state index contributed by atoms with van der Waals surface area (Å²) in [6.45, 7) is 1.90. The number of benzene rings is 1. The number of ether oxygens (including phenoxy) is 1. The molecule has 0 saturated heterocycles. The topological polar surface area (TPSA) is 43.4 Å². The van der Waals surface area contributed by atoms with E-state index in [1.165, 1.54) is 7.11 Å². The Morgan fingerprint density at radius 2 is 2.21 bits per heavy atom. The Hall–Kier alpha value is -1.64. The lowest BCUT2D eigenvalue weighted by atomic mass is 10.0. The summed E-state index contributed by atoms with van der Waals surface area (Å²) in [4.78, 5) is 21.5. The second kappa shape index (κ2) is 4.56. The van der Waals surface area contributed by atoms with Gasteiger partial charge in [0.2, 0.25) is 0 Å². The third kappa shape index (κ3) is 2.19. The molecule has 0 atom stereocenters. The molecule has 14 heavy (non-hydrogen) atoms. The van der Waals surface area contributed by atoms with E-state index in [4.69, 9.17) is 0 Å². The lowest BCUT2D eigenvalue weighted by Gasteiger charge is -2.04. The van der Waals surface area contributed by atoms with Gasteiger partial charge in [0.15, 0.2) is 0 Å². The van der Waals surface area contributed by atoms with Gasteiger partial charge in [0.1, 0.15) is 6.29 Å². The predicted octanol–water partition coefficient (Wildman–Crippen LogP) is 1.52. The number of aldehydes is 1. The molecule has 3 heteroatoms. The Morgan fingerprint density at radius 1 is 1.50 bits per heavy atom. The molecule has 0 radical (unpaired) electrons. The van der Waals surface area contributed by atoms with E-state index in [-0.39, 0.29) is 5.97 Å². The first-order valence-corrected chi connectivity index (χ1v) is 4.30. The molecular weight excluding hydrogens is 180 g/mol. The molecule has 0 bridgehead atoms. The first-order valence-electron chi connectivity index (χ1n) is 4.30. The fourth-order valence-electron chi connectivity index (χ4n) is 1.23. The smallest absolute Gasteiger partial charge is 0.337 e. The third-order valence-corrected chi connectivity index (χ3v) is 2.07. The number of methoxy groups -OCH3 is 1. The van der Waals surface area contributed by atoms with Gasteiger partial charge in [-0.05, 0) is 30.2 Å². The Morgan fingerprint density at radius 3 is 2.79 bits per heavy atom. The van der Waals surface area contributed by atoms with Gasteiger partial charge in [0.25, 0.3) is 0 Å². The molecule has 0 aliphatic rings. The zero-order valence-electron chi connectivity index (χ0n) is 8.24. The van der Waals surface area contributed by atoms with Crippen LogP contribution in [0.25, 0.3) is 0 Å². The molecule has 0 aliphatic heterocycles. The van der Waals surface area contributed by atoms with E-state index in [0.29, 0.717) is 12.0 Å². The fraction of sp³-hybridized carbons (Fsp3) is 0.273. The van der Waals surface area contributed by atoms with Crippen molar-refractivity contribution in [1.82, 2.24) is 0 Å². The number of hydrogen-bond acceptors (Lipinski definition) is 3. The highest BCUT2D eigenvalue weighted by Crippen LogP contribution is 2.12. The van der Waals surface area contributed by atoms with Crippen LogP contribution >= 0.6 is 0 Å². The van der Waals surface area contributed by atoms with Crippen molar-refractivity contribution in [2.75, 3.05) is 7.11 Å². The van der Waals surface area contributed by atoms with Gasteiger partial charge in [-0.2, -0.15) is 0 Å². The van der Waals surface area contributed by atoms with Crippen molar-refractivity contribution in [2.45, 2.75) is 13.3 Å². The van der Waals surface area contributed by atoms with Crippen molar-refractivity contribution in [3.63, 3.8) is 0 Å². The third-order valence-electron chi connectivity index (χ3n) is 2.07. The molecule has 1 aromatic carbocycles. The summed E-state index contributed by atoms with van der Waals surface area (Å²) in [5.74, 6) is -0.378. The number of carbonyl (C=O) groups is 2. The Labute approximate surface area is 82.7 Å². The zero-order chi connectivity index (χ0) is 10.6. The Bertz CT molecular complexity index is 356. The van der Waals surface area contributed by atoms with Crippen LogP contribution < -0.4 is 0 Å². The van der Waals surface area contributed by atoms with Crippen molar-refractivity contribution in [1.29, 1.82) is 0 Å². The Kier molecular flexibility index (Phi) is 3.40. The van der Waals surface area contributed by atoms with Crippen molar-refractivity contribution in [2.24, 2.45) is 0 Å². The van der Waals surface area contributed by atoms with E-state index in [9.17, 15) is 9.59 Å². The van der Waals surface area contributed by atoms with E-state index in [2.05, 4.69) is 4.74 Å². The van der Waals surface area contributed by atoms with Crippen LogP contribution in [-0.4, -0.2) is 19.4 Å². The number of carbonyl (C=O) groups excluding carboxylic acids is 2. The maximum absolute atomic E-state index is 11.2. The van der Waals surface area contributed by atoms with E-state index < -0.39 is 0 Å². The molecule has 0 aliphatic carbocycles. The number of esters is 1. The molecule has 0 spiro atoms. The van der Waals surface area contributed by atoms with E-state index >= 15 is 0 Å². The largest absolute Gasteiger partial charge is 0.465 e. The van der Waals surface area contributed by atoms with Crippen LogP contribution in [0, 0.1) is 6.92 Å². The van der Waals surface area contributed by atoms with Crippen molar-refractivity contribution < 1.29 is 14.3 Å². The summed E-state index contributed by atoms with van der Waals surface area (Å²) in [6, 6.07) is 5.19. The summed E-state index contributed by atoms with van der Waals surface area (Å²) >= 11 is 0. The van der Waals surface area contributed by atoms with Gasteiger partial charge in [0.05, 0.1) is 12.7 Å². The molecule has 0 amide bonds. The zero-order valence-corrected chi connectivity index (χ0v) is 8.24. The molecule has 3 nitrogen and oxygen atoms in total. The molecule has 1 aromatic rings. The summed E-state index contributed by atoms with van der Waals surface area (Å²) in [5, 5.41) is 0. The normalized spacial score (nSPS) is 9.57. The number of hydrogen-bond donors (Lipinski definition) is 0. The van der Waals surface area contributed by atoms with Gasteiger partial charge in [0, 0.05) is 6.42 Å². The molecule has 74 valence electrons. The number of aryl methyl sites for hydroxylation is 1. The summed E-state index contributed by atoms with van der Waals surface area (Å²) in [7, 11) is 1.33. The first-order chi connectivity index (χ1) is 6.69. The molecule has 0 unspecified atom stereocenters. The summed E-state index contributed by atoms with van der Waals surface area (Å²) in [6.07, 6.45) is 1.15. The highest BCUT2D eigenvalue weighted by Gasteiger charge is 2.07. The van der Waals surface area contributed by atoms with E-state index in [0.717, 1.165) is 17.4 Å². The monoisotopic (exact) mass is 192 g/mol. The average Bonchev–Trinajstić information content (AvgIpc) is 2.20. The lowest BCUT2D eigenvalue weighted by Crippen LogP contribution is -2.03. The van der Waals surface area contributed by atoms with E-state index in [1.54, 1.807) is 12.1 Å². The first kappa shape index (κ1) is 10.4. The average molecular weight is 192 g/mol. The van der Waals surface area contributed by atoms with Gasteiger partial charge >= 0.3 is 5.97 Å². The second-order valence-corrected chi connectivity index (χ2v) is 3.00. The van der Waals surface area contributed by atoms with Gasteiger partial charge in [-0.1, -0.05) is 6.07 Å². The summed E-state index contributed by atoms with van der Waals surface area (Å²) < 4.78 is 4.58. The minimum atomic E-state index is -0.378. The van der Waals surface area contributed by atoms with E-state index in [1.807, 2.05) is 13.0 Å². The van der Waals surface area contributed by atoms with Crippen LogP contribution in [0.1, 0.15) is 21.5 Å². The summed E-state index contributed by atoms with van der Waals surface area (Å²) in [5.41, 5.74) is 2.35. The molecule has 0 saturated carbocycles. The predicted molar refractivity (Wildman–Crippen MR) is 52.3 cm³/mol. The maximum Gasteiger partial charge on any atom is 0.337 e. The molecule has 0 N–H and O–H groups in total. The van der Waals surface area contributed by atoms with Gasteiger partial charge in [-0.15, -0.1) is 0 Å². The van der Waals surface area contributed by atoms with Crippen LogP contribution in [-0.2, 0) is 16.0 Å². The van der Waals surface area contributed by atoms with Gasteiger partial charge in [-0.3, -0.25) is 0 Å². The second-order valence-electron chi connectivity index (χ2n) is 3.00. The fourth-order valence-corrected chi connectivity index (χ4v) is 1.23. The lowest BCUT2D eigenvalue weighted by molar-refractivity contribution is -0.107. The molecule has 0 fully saturated rings. The molecule has 0 heterocycles. The van der Waals surface area contributed by atoms with Crippen molar-refractivity contribution in [3.05, 3.63) is 34.9 Å². The van der Waals surface area contributed by atoms with Crippen LogP contribution in [0.3, 0.4) is 0 Å². The molecular formula is C11H12O3. The number of rotatable bonds is 3. The maximum atomic E-state index is 11.2. The standard InChI is InChI=1S/C11H12O3/c1-8-3-4-10(11(13)14-2)7-9(8)5-6-12/h3-4,6-7H,5H2,1-2H3. The minimum absolute atomic E-state index is 0.330. The Balaban J connectivity index is 3.05. The SMILES string of the molecule is COC(=O)c1ccc(C)c(CC=O)c1. The van der Waals surface area contributed by atoms with Crippen LogP contribution in [0.15, 0.2) is 18.2 Å². The highest BCUT2D eigenvalue weighted by molar-refractivity contribution is 5.89. The van der Waals surface area contributed by atoms with Crippen LogP contribution in [0.5, 0.6) is 0 Å². The molecule has 0 aromatic heterocycles. The van der Waals surface area contributed by atoms with Crippen molar-refractivity contribution in [3.8, 4) is 0 Å². The van der Waals surface area contributed by atoms with Crippen molar-refractivity contribution >= 4 is 12.3 Å². The molecule has 1 rings (SSSR count). The highest BCUT2D eigenvalue weighted by atomic mass is 16.5. The minimum Gasteiger partial charge on any atom is -0.465 e. The van der Waals surface area contributed by atoms with Crippen LogP contribution in [0.4, 0.5) is 0 Å². The quantitative estimate of drug-likeness (QED) is 0.538. The van der Waals surface area contributed by atoms with Gasteiger partial charge < -0.3 is 9.53 Å².